The van der Waals surface area contributed by atoms with Crippen LogP contribution < -0.4 is 0 Å². The van der Waals surface area contributed by atoms with Gasteiger partial charge in [0.1, 0.15) is 0 Å². The van der Waals surface area contributed by atoms with Crippen LogP contribution in [0, 0.1) is 0 Å². The maximum atomic E-state index is 10.6. The van der Waals surface area contributed by atoms with Crippen molar-refractivity contribution in [2.24, 2.45) is 0 Å². The zero-order chi connectivity index (χ0) is 35.6. The van der Waals surface area contributed by atoms with Crippen molar-refractivity contribution in [1.29, 1.82) is 0 Å². The van der Waals surface area contributed by atoms with Gasteiger partial charge in [0.25, 0.3) is 0 Å². The van der Waals surface area contributed by atoms with Crippen LogP contribution in [-0.4, -0.2) is 23.4 Å². The SMILES string of the molecule is CCOCc1cccc2cccc(-c3cccc4cc(-c5ccc6cc(-c7cc8ccccc8cc7CO)c(CO)cc6c5)cc(COCC)c34)c12. The van der Waals surface area contributed by atoms with Gasteiger partial charge in [-0.15, -0.1) is 0 Å². The summed E-state index contributed by atoms with van der Waals surface area (Å²) in [5.41, 5.74) is 10.5. The van der Waals surface area contributed by atoms with Crippen LogP contribution in [0.4, 0.5) is 0 Å². The number of aliphatic hydroxyl groups is 2. The van der Waals surface area contributed by atoms with Crippen LogP contribution >= 0.6 is 0 Å². The quantitative estimate of drug-likeness (QED) is 0.143. The molecule has 0 unspecified atom stereocenters. The van der Waals surface area contributed by atoms with Crippen molar-refractivity contribution in [2.75, 3.05) is 13.2 Å². The second kappa shape index (κ2) is 14.7. The first-order chi connectivity index (χ1) is 25.6. The molecule has 4 nitrogen and oxygen atoms in total. The first kappa shape index (κ1) is 33.8. The summed E-state index contributed by atoms with van der Waals surface area (Å²) in [6.07, 6.45) is 0. The van der Waals surface area contributed by atoms with E-state index in [-0.39, 0.29) is 13.2 Å². The van der Waals surface area contributed by atoms with Gasteiger partial charge in [-0.25, -0.2) is 0 Å². The zero-order valence-corrected chi connectivity index (χ0v) is 29.7. The average molecular weight is 683 g/mol. The molecule has 8 aromatic rings. The van der Waals surface area contributed by atoms with Gasteiger partial charge in [-0.1, -0.05) is 91.0 Å². The fraction of sp³-hybridized carbons (Fsp3) is 0.167. The number of aliphatic hydroxyl groups excluding tert-OH is 2. The summed E-state index contributed by atoms with van der Waals surface area (Å²) in [6.45, 7) is 6.24. The summed E-state index contributed by atoms with van der Waals surface area (Å²) in [4.78, 5) is 0. The number of benzene rings is 8. The van der Waals surface area contributed by atoms with Crippen molar-refractivity contribution in [3.8, 4) is 33.4 Å². The molecule has 2 N–H and O–H groups in total. The average Bonchev–Trinajstić information content (AvgIpc) is 3.20. The minimum Gasteiger partial charge on any atom is -0.392 e. The van der Waals surface area contributed by atoms with Crippen LogP contribution in [0.1, 0.15) is 36.1 Å². The van der Waals surface area contributed by atoms with Gasteiger partial charge >= 0.3 is 0 Å². The molecule has 0 bridgehead atoms. The summed E-state index contributed by atoms with van der Waals surface area (Å²) in [7, 11) is 0. The second-order valence-corrected chi connectivity index (χ2v) is 13.4. The topological polar surface area (TPSA) is 58.9 Å². The standard InChI is InChI=1S/C48H42O4/c1-3-51-29-37-15-7-12-31-13-8-16-43(47(31)37)44-17-9-14-36-22-39(24-42(48(36)44)30-52-4-2)34-18-19-35-26-46(41(28-50)23-38(35)20-34)45-25-33-11-6-5-10-32(33)21-40(45)27-49/h5-26,49-50H,3-4,27-30H2,1-2H3. The Morgan fingerprint density at radius 1 is 0.385 bits per heavy atom. The molecule has 0 aliphatic carbocycles. The van der Waals surface area contributed by atoms with Gasteiger partial charge in [-0.3, -0.25) is 0 Å². The zero-order valence-electron chi connectivity index (χ0n) is 29.7. The molecular weight excluding hydrogens is 641 g/mol. The van der Waals surface area contributed by atoms with Gasteiger partial charge < -0.3 is 19.7 Å². The molecule has 0 aliphatic heterocycles. The maximum Gasteiger partial charge on any atom is 0.0723 e. The molecule has 4 heteroatoms. The summed E-state index contributed by atoms with van der Waals surface area (Å²) >= 11 is 0. The number of fused-ring (bicyclic) bond motifs is 4. The molecule has 0 radical (unpaired) electrons. The van der Waals surface area contributed by atoms with Crippen LogP contribution in [0.2, 0.25) is 0 Å². The third-order valence-corrected chi connectivity index (χ3v) is 10.3. The predicted molar refractivity (Wildman–Crippen MR) is 215 cm³/mol. The van der Waals surface area contributed by atoms with Gasteiger partial charge in [0.2, 0.25) is 0 Å². The number of rotatable bonds is 11. The fourth-order valence-corrected chi connectivity index (χ4v) is 7.79. The Morgan fingerprint density at radius 3 is 1.56 bits per heavy atom. The Bertz CT molecular complexity index is 2580. The smallest absolute Gasteiger partial charge is 0.0723 e. The number of hydrogen-bond acceptors (Lipinski definition) is 4. The van der Waals surface area contributed by atoms with Crippen molar-refractivity contribution in [3.63, 3.8) is 0 Å². The molecular formula is C48H42O4. The highest BCUT2D eigenvalue weighted by Gasteiger charge is 2.17. The van der Waals surface area contributed by atoms with Crippen molar-refractivity contribution < 1.29 is 19.7 Å². The summed E-state index contributed by atoms with van der Waals surface area (Å²) in [6, 6.07) is 47.3. The summed E-state index contributed by atoms with van der Waals surface area (Å²) in [5.74, 6) is 0. The monoisotopic (exact) mass is 682 g/mol. The van der Waals surface area contributed by atoms with E-state index < -0.39 is 0 Å². The van der Waals surface area contributed by atoms with E-state index in [1.807, 2.05) is 32.0 Å². The van der Waals surface area contributed by atoms with Crippen molar-refractivity contribution >= 4 is 43.1 Å². The summed E-state index contributed by atoms with van der Waals surface area (Å²) in [5, 5.41) is 30.0. The lowest BCUT2D eigenvalue weighted by Crippen LogP contribution is -1.98. The van der Waals surface area contributed by atoms with Gasteiger partial charge in [0.05, 0.1) is 26.4 Å². The van der Waals surface area contributed by atoms with Gasteiger partial charge in [0.15, 0.2) is 0 Å². The minimum atomic E-state index is -0.106. The molecule has 258 valence electrons. The third-order valence-electron chi connectivity index (χ3n) is 10.3. The Balaban J connectivity index is 1.26. The molecule has 0 amide bonds. The largest absolute Gasteiger partial charge is 0.392 e. The van der Waals surface area contributed by atoms with E-state index in [4.69, 9.17) is 9.47 Å². The Morgan fingerprint density at radius 2 is 0.904 bits per heavy atom. The highest BCUT2D eigenvalue weighted by Crippen LogP contribution is 2.41. The second-order valence-electron chi connectivity index (χ2n) is 13.4. The number of hydrogen-bond donors (Lipinski definition) is 2. The van der Waals surface area contributed by atoms with Crippen LogP contribution in [0.15, 0.2) is 133 Å². The van der Waals surface area contributed by atoms with E-state index in [1.54, 1.807) is 0 Å². The molecule has 0 saturated heterocycles. The minimum absolute atomic E-state index is 0.0787. The fourth-order valence-electron chi connectivity index (χ4n) is 7.79. The highest BCUT2D eigenvalue weighted by molar-refractivity contribution is 6.09. The summed E-state index contributed by atoms with van der Waals surface area (Å²) < 4.78 is 12.0. The Kier molecular flexibility index (Phi) is 9.55. The van der Waals surface area contributed by atoms with Crippen molar-refractivity contribution in [1.82, 2.24) is 0 Å². The van der Waals surface area contributed by atoms with Crippen molar-refractivity contribution in [2.45, 2.75) is 40.3 Å². The van der Waals surface area contributed by atoms with Crippen LogP contribution in [0.3, 0.4) is 0 Å². The third kappa shape index (κ3) is 6.25. The molecule has 8 aromatic carbocycles. The lowest BCUT2D eigenvalue weighted by Gasteiger charge is -2.18. The van der Waals surface area contributed by atoms with E-state index in [0.717, 1.165) is 65.9 Å². The van der Waals surface area contributed by atoms with E-state index in [0.29, 0.717) is 26.4 Å². The Hall–Kier alpha value is -5.36. The molecule has 0 heterocycles. The van der Waals surface area contributed by atoms with Crippen molar-refractivity contribution in [3.05, 3.63) is 156 Å². The predicted octanol–water partition coefficient (Wildman–Crippen LogP) is 11.4. The Labute approximate surface area is 304 Å². The first-order valence-electron chi connectivity index (χ1n) is 18.1. The van der Waals surface area contributed by atoms with E-state index in [2.05, 4.69) is 115 Å². The number of ether oxygens (including phenoxy) is 2. The van der Waals surface area contributed by atoms with E-state index in [9.17, 15) is 10.2 Å². The van der Waals surface area contributed by atoms with E-state index in [1.165, 1.54) is 32.8 Å². The normalized spacial score (nSPS) is 11.7. The molecule has 8 rings (SSSR count). The van der Waals surface area contributed by atoms with Crippen LogP contribution in [0.25, 0.3) is 76.5 Å². The molecule has 0 atom stereocenters. The van der Waals surface area contributed by atoms with Gasteiger partial charge in [-0.2, -0.15) is 0 Å². The van der Waals surface area contributed by atoms with Crippen LogP contribution in [0.5, 0.6) is 0 Å². The molecule has 0 saturated carbocycles. The van der Waals surface area contributed by atoms with Gasteiger partial charge in [0, 0.05) is 13.2 Å². The molecule has 0 aromatic heterocycles. The highest BCUT2D eigenvalue weighted by atomic mass is 16.5. The molecule has 52 heavy (non-hydrogen) atoms. The lowest BCUT2D eigenvalue weighted by molar-refractivity contribution is 0.135. The lowest BCUT2D eigenvalue weighted by atomic mass is 9.87. The van der Waals surface area contributed by atoms with Gasteiger partial charge in [-0.05, 0) is 155 Å². The first-order valence-corrected chi connectivity index (χ1v) is 18.1. The maximum absolute atomic E-state index is 10.6. The van der Waals surface area contributed by atoms with E-state index >= 15 is 0 Å². The molecule has 0 spiro atoms. The molecule has 0 aliphatic rings. The molecule has 0 fully saturated rings. The van der Waals surface area contributed by atoms with Crippen LogP contribution in [-0.2, 0) is 35.9 Å².